The molecule has 4 nitrogen and oxygen atoms in total. The van der Waals surface area contributed by atoms with Gasteiger partial charge in [0.25, 0.3) is 0 Å². The van der Waals surface area contributed by atoms with E-state index in [-0.39, 0.29) is 11.9 Å². The van der Waals surface area contributed by atoms with Gasteiger partial charge in [0.15, 0.2) is 0 Å². The zero-order valence-electron chi connectivity index (χ0n) is 9.08. The Morgan fingerprint density at radius 2 is 2.14 bits per heavy atom. The van der Waals surface area contributed by atoms with Crippen molar-refractivity contribution in [3.8, 4) is 0 Å². The smallest absolute Gasteiger partial charge is 0.237 e. The van der Waals surface area contributed by atoms with Crippen molar-refractivity contribution in [1.29, 1.82) is 0 Å². The van der Waals surface area contributed by atoms with Gasteiger partial charge in [0.1, 0.15) is 0 Å². The van der Waals surface area contributed by atoms with Crippen LogP contribution in [0.25, 0.3) is 0 Å². The average molecular weight is 220 g/mol. The lowest BCUT2D eigenvalue weighted by molar-refractivity contribution is -0.123. The number of carbonyl (C=O) groups is 1. The van der Waals surface area contributed by atoms with Crippen LogP contribution in [0.15, 0.2) is 0 Å². The highest BCUT2D eigenvalue weighted by molar-refractivity contribution is 7.84. The zero-order chi connectivity index (χ0) is 11.1. The summed E-state index contributed by atoms with van der Waals surface area (Å²) in [5, 5.41) is 2.79. The van der Waals surface area contributed by atoms with Gasteiger partial charge < -0.3 is 11.1 Å². The Kier molecular flexibility index (Phi) is 6.74. The Balaban J connectivity index is 3.76. The average Bonchev–Trinajstić information content (AvgIpc) is 2.13. The Labute approximate surface area is 88.1 Å². The van der Waals surface area contributed by atoms with E-state index in [0.29, 0.717) is 12.2 Å². The minimum Gasteiger partial charge on any atom is -0.352 e. The minimum atomic E-state index is -0.796. The van der Waals surface area contributed by atoms with Gasteiger partial charge >= 0.3 is 0 Å². The third-order valence-electron chi connectivity index (χ3n) is 2.00. The molecule has 14 heavy (non-hydrogen) atoms. The first-order valence-corrected chi connectivity index (χ1v) is 6.56. The van der Waals surface area contributed by atoms with Crippen LogP contribution in [-0.2, 0) is 15.6 Å². The molecular weight excluding hydrogens is 200 g/mol. The van der Waals surface area contributed by atoms with Gasteiger partial charge in [-0.15, -0.1) is 0 Å². The van der Waals surface area contributed by atoms with E-state index in [0.717, 1.165) is 6.42 Å². The van der Waals surface area contributed by atoms with Crippen LogP contribution in [0.3, 0.4) is 0 Å². The molecule has 2 unspecified atom stereocenters. The number of nitrogens with one attached hydrogen (secondary N) is 1. The van der Waals surface area contributed by atoms with Crippen LogP contribution in [0.1, 0.15) is 26.7 Å². The predicted octanol–water partition coefficient (Wildman–Crippen LogP) is -0.00300. The van der Waals surface area contributed by atoms with E-state index >= 15 is 0 Å². The molecule has 0 rings (SSSR count). The van der Waals surface area contributed by atoms with Gasteiger partial charge in [0.05, 0.1) is 6.04 Å². The summed E-state index contributed by atoms with van der Waals surface area (Å²) in [6.07, 6.45) is 3.02. The molecule has 1 amide bonds. The lowest BCUT2D eigenvalue weighted by Gasteiger charge is -2.15. The number of carbonyl (C=O) groups excluding carboxylic acids is 1. The Bertz CT molecular complexity index is 209. The van der Waals surface area contributed by atoms with E-state index in [2.05, 4.69) is 5.32 Å². The van der Waals surface area contributed by atoms with Crippen molar-refractivity contribution in [2.24, 2.45) is 5.73 Å². The van der Waals surface area contributed by atoms with Crippen LogP contribution in [0.4, 0.5) is 0 Å². The Morgan fingerprint density at radius 1 is 1.57 bits per heavy atom. The maximum absolute atomic E-state index is 11.3. The second-order valence-corrected chi connectivity index (χ2v) is 5.05. The van der Waals surface area contributed by atoms with Crippen molar-refractivity contribution in [1.82, 2.24) is 5.32 Å². The molecular formula is C9H20N2O2S. The second-order valence-electron chi connectivity index (χ2n) is 3.49. The molecule has 0 saturated heterocycles. The SMILES string of the molecule is CC[C@H](N)C(=O)NC(C)CCS(C)=O. The summed E-state index contributed by atoms with van der Waals surface area (Å²) in [4.78, 5) is 11.3. The van der Waals surface area contributed by atoms with Crippen LogP contribution in [0, 0.1) is 0 Å². The molecule has 0 radical (unpaired) electrons. The number of hydrogen-bond donors (Lipinski definition) is 2. The lowest BCUT2D eigenvalue weighted by Crippen LogP contribution is -2.44. The van der Waals surface area contributed by atoms with Crippen LogP contribution in [0.5, 0.6) is 0 Å². The molecule has 0 saturated carbocycles. The third-order valence-corrected chi connectivity index (χ3v) is 2.81. The fourth-order valence-electron chi connectivity index (χ4n) is 0.950. The van der Waals surface area contributed by atoms with Crippen LogP contribution >= 0.6 is 0 Å². The molecule has 3 N–H and O–H groups in total. The first kappa shape index (κ1) is 13.6. The summed E-state index contributed by atoms with van der Waals surface area (Å²) in [6.45, 7) is 3.77. The van der Waals surface area contributed by atoms with Gasteiger partial charge in [-0.3, -0.25) is 9.00 Å². The van der Waals surface area contributed by atoms with Crippen molar-refractivity contribution in [2.45, 2.75) is 38.8 Å². The third kappa shape index (κ3) is 6.10. The maximum atomic E-state index is 11.3. The summed E-state index contributed by atoms with van der Waals surface area (Å²) >= 11 is 0. The normalized spacial score (nSPS) is 17.1. The summed E-state index contributed by atoms with van der Waals surface area (Å²) in [6, 6.07) is -0.381. The van der Waals surface area contributed by atoms with E-state index in [4.69, 9.17) is 5.73 Å². The fourth-order valence-corrected chi connectivity index (χ4v) is 1.64. The Hall–Kier alpha value is -0.420. The monoisotopic (exact) mass is 220 g/mol. The van der Waals surface area contributed by atoms with Crippen LogP contribution in [-0.4, -0.2) is 34.2 Å². The van der Waals surface area contributed by atoms with E-state index in [1.807, 2.05) is 13.8 Å². The number of nitrogens with two attached hydrogens (primary N) is 1. The molecule has 0 aromatic heterocycles. The summed E-state index contributed by atoms with van der Waals surface area (Å²) in [5.74, 6) is 0.491. The minimum absolute atomic E-state index is 0.0454. The first-order valence-electron chi connectivity index (χ1n) is 4.83. The number of amides is 1. The summed E-state index contributed by atoms with van der Waals surface area (Å²) in [5.41, 5.74) is 5.55. The van der Waals surface area contributed by atoms with Gasteiger partial charge in [0, 0.05) is 28.9 Å². The van der Waals surface area contributed by atoms with Gasteiger partial charge in [-0.05, 0) is 19.8 Å². The van der Waals surface area contributed by atoms with Gasteiger partial charge in [-0.25, -0.2) is 0 Å². The first-order chi connectivity index (χ1) is 6.47. The molecule has 0 aliphatic rings. The standard InChI is InChI=1S/C9H20N2O2S/c1-4-8(10)9(12)11-7(2)5-6-14(3)13/h7-8H,4-6,10H2,1-3H3,(H,11,12)/t7?,8-,14?/m0/s1. The highest BCUT2D eigenvalue weighted by Gasteiger charge is 2.13. The van der Waals surface area contributed by atoms with Crippen molar-refractivity contribution in [2.75, 3.05) is 12.0 Å². The predicted molar refractivity (Wildman–Crippen MR) is 59.4 cm³/mol. The van der Waals surface area contributed by atoms with Crippen LogP contribution in [0.2, 0.25) is 0 Å². The molecule has 5 heteroatoms. The lowest BCUT2D eigenvalue weighted by atomic mass is 10.2. The van der Waals surface area contributed by atoms with Gasteiger partial charge in [-0.2, -0.15) is 0 Å². The molecule has 3 atom stereocenters. The van der Waals surface area contributed by atoms with Crippen molar-refractivity contribution in [3.63, 3.8) is 0 Å². The maximum Gasteiger partial charge on any atom is 0.237 e. The van der Waals surface area contributed by atoms with E-state index in [1.165, 1.54) is 0 Å². The highest BCUT2D eigenvalue weighted by atomic mass is 32.2. The van der Waals surface area contributed by atoms with Gasteiger partial charge in [-0.1, -0.05) is 6.92 Å². The molecule has 0 aromatic carbocycles. The van der Waals surface area contributed by atoms with Crippen molar-refractivity contribution < 1.29 is 9.00 Å². The quantitative estimate of drug-likeness (QED) is 0.661. The number of hydrogen-bond acceptors (Lipinski definition) is 3. The molecule has 0 aliphatic carbocycles. The fraction of sp³-hybridized carbons (Fsp3) is 0.889. The van der Waals surface area contributed by atoms with Crippen molar-refractivity contribution in [3.05, 3.63) is 0 Å². The molecule has 0 spiro atoms. The highest BCUT2D eigenvalue weighted by Crippen LogP contribution is 1.94. The molecule has 0 fully saturated rings. The van der Waals surface area contributed by atoms with E-state index in [1.54, 1.807) is 6.26 Å². The van der Waals surface area contributed by atoms with Crippen molar-refractivity contribution >= 4 is 16.7 Å². The van der Waals surface area contributed by atoms with E-state index < -0.39 is 16.8 Å². The molecule has 84 valence electrons. The summed E-state index contributed by atoms with van der Waals surface area (Å²) < 4.78 is 10.8. The molecule has 0 heterocycles. The molecule has 0 aromatic rings. The number of rotatable bonds is 6. The summed E-state index contributed by atoms with van der Waals surface area (Å²) in [7, 11) is -0.796. The topological polar surface area (TPSA) is 72.2 Å². The Morgan fingerprint density at radius 3 is 2.57 bits per heavy atom. The van der Waals surface area contributed by atoms with E-state index in [9.17, 15) is 9.00 Å². The van der Waals surface area contributed by atoms with Crippen LogP contribution < -0.4 is 11.1 Å². The second kappa shape index (κ2) is 6.95. The molecule has 0 bridgehead atoms. The molecule has 0 aliphatic heterocycles. The van der Waals surface area contributed by atoms with Gasteiger partial charge in [0.2, 0.25) is 5.91 Å². The zero-order valence-corrected chi connectivity index (χ0v) is 9.89. The largest absolute Gasteiger partial charge is 0.352 e.